The number of hydrogen-bond acceptors (Lipinski definition) is 2. The molecular weight excluding hydrogens is 191 g/mol. The summed E-state index contributed by atoms with van der Waals surface area (Å²) in [4.78, 5) is 0. The molecule has 1 aromatic rings. The molecule has 2 nitrogen and oxygen atoms in total. The Kier molecular flexibility index (Phi) is 4.72. The standard InChI is InChI=1S/C12H19FN2/c1-3-6-9(2)12(15-14)10-7-4-5-8-11(10)13/h4-5,7-9,12,15H,3,6,14H2,1-2H3. The summed E-state index contributed by atoms with van der Waals surface area (Å²) in [5, 5.41) is 0. The van der Waals surface area contributed by atoms with Gasteiger partial charge in [0.25, 0.3) is 0 Å². The van der Waals surface area contributed by atoms with Gasteiger partial charge in [0.05, 0.1) is 6.04 Å². The van der Waals surface area contributed by atoms with Crippen LogP contribution >= 0.6 is 0 Å². The van der Waals surface area contributed by atoms with Crippen LogP contribution in [0, 0.1) is 11.7 Å². The molecule has 0 radical (unpaired) electrons. The predicted octanol–water partition coefficient (Wildman–Crippen LogP) is 2.77. The second-order valence-electron chi connectivity index (χ2n) is 3.93. The van der Waals surface area contributed by atoms with Gasteiger partial charge in [0.2, 0.25) is 0 Å². The zero-order valence-electron chi connectivity index (χ0n) is 9.33. The van der Waals surface area contributed by atoms with Gasteiger partial charge >= 0.3 is 0 Å². The molecule has 1 rings (SSSR count). The van der Waals surface area contributed by atoms with Crippen molar-refractivity contribution in [2.45, 2.75) is 32.7 Å². The maximum Gasteiger partial charge on any atom is 0.128 e. The zero-order chi connectivity index (χ0) is 11.3. The largest absolute Gasteiger partial charge is 0.271 e. The van der Waals surface area contributed by atoms with Crippen molar-refractivity contribution in [3.63, 3.8) is 0 Å². The fourth-order valence-corrected chi connectivity index (χ4v) is 1.91. The van der Waals surface area contributed by atoms with Crippen molar-refractivity contribution in [3.05, 3.63) is 35.6 Å². The molecule has 3 N–H and O–H groups in total. The molecule has 0 amide bonds. The van der Waals surface area contributed by atoms with Crippen LogP contribution in [0.5, 0.6) is 0 Å². The van der Waals surface area contributed by atoms with Crippen LogP contribution < -0.4 is 11.3 Å². The first kappa shape index (κ1) is 12.1. The normalized spacial score (nSPS) is 14.9. The van der Waals surface area contributed by atoms with Gasteiger partial charge in [0, 0.05) is 5.56 Å². The van der Waals surface area contributed by atoms with Gasteiger partial charge < -0.3 is 0 Å². The number of hydrogen-bond donors (Lipinski definition) is 2. The lowest BCUT2D eigenvalue weighted by atomic mass is 9.91. The predicted molar refractivity (Wildman–Crippen MR) is 60.5 cm³/mol. The third kappa shape index (κ3) is 3.01. The van der Waals surface area contributed by atoms with Crippen LogP contribution in [-0.2, 0) is 0 Å². The van der Waals surface area contributed by atoms with Crippen LogP contribution in [0.4, 0.5) is 4.39 Å². The highest BCUT2D eigenvalue weighted by Crippen LogP contribution is 2.26. The smallest absolute Gasteiger partial charge is 0.128 e. The third-order valence-corrected chi connectivity index (χ3v) is 2.73. The molecule has 0 aliphatic carbocycles. The molecule has 1 aromatic carbocycles. The van der Waals surface area contributed by atoms with E-state index in [4.69, 9.17) is 5.84 Å². The van der Waals surface area contributed by atoms with Crippen molar-refractivity contribution in [1.29, 1.82) is 0 Å². The number of nitrogens with two attached hydrogens (primary N) is 1. The van der Waals surface area contributed by atoms with E-state index < -0.39 is 0 Å². The lowest BCUT2D eigenvalue weighted by molar-refractivity contribution is 0.358. The van der Waals surface area contributed by atoms with Crippen molar-refractivity contribution in [2.75, 3.05) is 0 Å². The second kappa shape index (κ2) is 5.83. The van der Waals surface area contributed by atoms with E-state index >= 15 is 0 Å². The molecule has 0 saturated heterocycles. The van der Waals surface area contributed by atoms with Gasteiger partial charge in [-0.15, -0.1) is 0 Å². The lowest BCUT2D eigenvalue weighted by Crippen LogP contribution is -2.33. The van der Waals surface area contributed by atoms with Gasteiger partial charge in [0.1, 0.15) is 5.82 Å². The molecular formula is C12H19FN2. The Labute approximate surface area is 90.6 Å². The van der Waals surface area contributed by atoms with Crippen LogP contribution in [0.3, 0.4) is 0 Å². The maximum atomic E-state index is 13.5. The monoisotopic (exact) mass is 210 g/mol. The van der Waals surface area contributed by atoms with E-state index in [1.807, 2.05) is 6.07 Å². The van der Waals surface area contributed by atoms with Crippen LogP contribution in [0.25, 0.3) is 0 Å². The Morgan fingerprint density at radius 2 is 2.07 bits per heavy atom. The molecule has 0 fully saturated rings. The molecule has 2 unspecified atom stereocenters. The highest BCUT2D eigenvalue weighted by molar-refractivity contribution is 5.21. The van der Waals surface area contributed by atoms with Crippen LogP contribution in [0.1, 0.15) is 38.3 Å². The van der Waals surface area contributed by atoms with Crippen molar-refractivity contribution in [2.24, 2.45) is 11.8 Å². The topological polar surface area (TPSA) is 38.0 Å². The summed E-state index contributed by atoms with van der Waals surface area (Å²) in [5.41, 5.74) is 3.36. The van der Waals surface area contributed by atoms with Crippen LogP contribution in [-0.4, -0.2) is 0 Å². The molecule has 0 aliphatic rings. The van der Waals surface area contributed by atoms with Crippen molar-refractivity contribution >= 4 is 0 Å². The second-order valence-corrected chi connectivity index (χ2v) is 3.93. The minimum absolute atomic E-state index is 0.105. The first-order chi connectivity index (χ1) is 7.20. The lowest BCUT2D eigenvalue weighted by Gasteiger charge is -2.23. The van der Waals surface area contributed by atoms with Gasteiger partial charge in [-0.3, -0.25) is 11.3 Å². The van der Waals surface area contributed by atoms with Gasteiger partial charge in [-0.25, -0.2) is 4.39 Å². The summed E-state index contributed by atoms with van der Waals surface area (Å²) in [7, 11) is 0. The van der Waals surface area contributed by atoms with E-state index in [-0.39, 0.29) is 11.9 Å². The molecule has 84 valence electrons. The highest BCUT2D eigenvalue weighted by atomic mass is 19.1. The third-order valence-electron chi connectivity index (χ3n) is 2.73. The summed E-state index contributed by atoms with van der Waals surface area (Å²) in [6.07, 6.45) is 2.11. The summed E-state index contributed by atoms with van der Waals surface area (Å²) in [6.45, 7) is 4.20. The number of halogens is 1. The molecule has 0 aliphatic heterocycles. The summed E-state index contributed by atoms with van der Waals surface area (Å²) in [6, 6.07) is 6.68. The molecule has 0 aromatic heterocycles. The van der Waals surface area contributed by atoms with Crippen LogP contribution in [0.15, 0.2) is 24.3 Å². The first-order valence-corrected chi connectivity index (χ1v) is 5.41. The minimum atomic E-state index is -0.191. The van der Waals surface area contributed by atoms with Crippen LogP contribution in [0.2, 0.25) is 0 Å². The van der Waals surface area contributed by atoms with Gasteiger partial charge in [-0.05, 0) is 18.4 Å². The van der Waals surface area contributed by atoms with Gasteiger partial charge in [0.15, 0.2) is 0 Å². The maximum absolute atomic E-state index is 13.5. The average molecular weight is 210 g/mol. The Morgan fingerprint density at radius 3 is 2.60 bits per heavy atom. The van der Waals surface area contributed by atoms with Gasteiger partial charge in [-0.2, -0.15) is 0 Å². The Balaban J connectivity index is 2.87. The van der Waals surface area contributed by atoms with Gasteiger partial charge in [-0.1, -0.05) is 38.5 Å². The number of benzene rings is 1. The number of rotatable bonds is 5. The van der Waals surface area contributed by atoms with E-state index in [1.54, 1.807) is 12.1 Å². The molecule has 2 atom stereocenters. The molecule has 0 heterocycles. The van der Waals surface area contributed by atoms with Crippen molar-refractivity contribution in [1.82, 2.24) is 5.43 Å². The Morgan fingerprint density at radius 1 is 1.40 bits per heavy atom. The highest BCUT2D eigenvalue weighted by Gasteiger charge is 2.19. The fourth-order valence-electron chi connectivity index (χ4n) is 1.91. The number of nitrogens with one attached hydrogen (secondary N) is 1. The van der Waals surface area contributed by atoms with Crippen molar-refractivity contribution in [3.8, 4) is 0 Å². The Hall–Kier alpha value is -0.930. The average Bonchev–Trinajstić information content (AvgIpc) is 2.22. The fraction of sp³-hybridized carbons (Fsp3) is 0.500. The quantitative estimate of drug-likeness (QED) is 0.579. The van der Waals surface area contributed by atoms with Crippen molar-refractivity contribution < 1.29 is 4.39 Å². The van der Waals surface area contributed by atoms with E-state index in [2.05, 4.69) is 19.3 Å². The molecule has 0 spiro atoms. The summed E-state index contributed by atoms with van der Waals surface area (Å²) in [5.74, 6) is 5.63. The number of hydrazine groups is 1. The summed E-state index contributed by atoms with van der Waals surface area (Å²) >= 11 is 0. The van der Waals surface area contributed by atoms with E-state index in [0.717, 1.165) is 12.8 Å². The Bertz CT molecular complexity index is 301. The molecule has 0 saturated carbocycles. The minimum Gasteiger partial charge on any atom is -0.271 e. The van der Waals surface area contributed by atoms with E-state index in [0.29, 0.717) is 11.5 Å². The van der Waals surface area contributed by atoms with E-state index in [9.17, 15) is 4.39 Å². The molecule has 15 heavy (non-hydrogen) atoms. The first-order valence-electron chi connectivity index (χ1n) is 5.41. The van der Waals surface area contributed by atoms with E-state index in [1.165, 1.54) is 6.07 Å². The molecule has 0 bridgehead atoms. The molecule has 3 heteroatoms. The summed E-state index contributed by atoms with van der Waals surface area (Å²) < 4.78 is 13.5. The zero-order valence-corrected chi connectivity index (χ0v) is 9.33. The SMILES string of the molecule is CCCC(C)C(NN)c1ccccc1F.